The van der Waals surface area contributed by atoms with Gasteiger partial charge in [0.15, 0.2) is 5.43 Å². The fourth-order valence-corrected chi connectivity index (χ4v) is 3.85. The number of carbonyl (C=O) groups excluding carboxylic acids is 1. The topological polar surface area (TPSA) is 64.2 Å². The van der Waals surface area contributed by atoms with Crippen LogP contribution in [0.4, 0.5) is 4.39 Å². The second-order valence-electron chi connectivity index (χ2n) is 7.68. The number of likely N-dealkylation sites (N-methyl/N-ethyl adjacent to an activating group) is 1. The van der Waals surface area contributed by atoms with E-state index in [0.717, 1.165) is 11.6 Å². The van der Waals surface area contributed by atoms with Crippen LogP contribution in [-0.4, -0.2) is 44.6 Å². The predicted octanol–water partition coefficient (Wildman–Crippen LogP) is 2.02. The van der Waals surface area contributed by atoms with Crippen molar-refractivity contribution in [1.82, 2.24) is 4.90 Å². The van der Waals surface area contributed by atoms with Gasteiger partial charge in [0.1, 0.15) is 17.1 Å². The number of amides is 1. The van der Waals surface area contributed by atoms with Crippen LogP contribution in [-0.2, 0) is 0 Å². The summed E-state index contributed by atoms with van der Waals surface area (Å²) in [5, 5.41) is 0.132. The molecule has 1 atom stereocenters. The van der Waals surface area contributed by atoms with Crippen LogP contribution in [0.5, 0.6) is 5.75 Å². The number of quaternary nitrogens is 1. The summed E-state index contributed by atoms with van der Waals surface area (Å²) >= 11 is 0. The monoisotopic (exact) mass is 411 g/mol. The Bertz CT molecular complexity index is 1170. The Labute approximate surface area is 173 Å². The lowest BCUT2D eigenvalue weighted by atomic mass is 9.98. The summed E-state index contributed by atoms with van der Waals surface area (Å²) in [7, 11) is 4.00. The van der Waals surface area contributed by atoms with Gasteiger partial charge in [0.25, 0.3) is 5.91 Å². The van der Waals surface area contributed by atoms with E-state index in [1.165, 1.54) is 17.0 Å². The minimum Gasteiger partial charge on any atom is -0.494 e. The fraction of sp³-hybridized carbons (Fsp3) is 0.304. The Balaban J connectivity index is 1.92. The lowest BCUT2D eigenvalue weighted by Gasteiger charge is -2.25. The third-order valence-corrected chi connectivity index (χ3v) is 5.27. The number of hydrogen-bond donors (Lipinski definition) is 1. The molecule has 0 aliphatic carbocycles. The Hall–Kier alpha value is -3.19. The summed E-state index contributed by atoms with van der Waals surface area (Å²) in [6, 6.07) is 10.5. The molecule has 2 heterocycles. The van der Waals surface area contributed by atoms with E-state index >= 15 is 0 Å². The molecule has 0 fully saturated rings. The van der Waals surface area contributed by atoms with E-state index in [2.05, 4.69) is 0 Å². The first-order valence-electron chi connectivity index (χ1n) is 9.99. The highest BCUT2D eigenvalue weighted by Crippen LogP contribution is 2.38. The van der Waals surface area contributed by atoms with Gasteiger partial charge < -0.3 is 19.0 Å². The molecule has 0 spiro atoms. The van der Waals surface area contributed by atoms with Gasteiger partial charge in [-0.1, -0.05) is 12.1 Å². The summed E-state index contributed by atoms with van der Waals surface area (Å²) in [6.45, 7) is 3.54. The van der Waals surface area contributed by atoms with Crippen LogP contribution >= 0.6 is 0 Å². The van der Waals surface area contributed by atoms with Gasteiger partial charge in [-0.25, -0.2) is 4.39 Å². The maximum atomic E-state index is 13.8. The maximum absolute atomic E-state index is 13.8. The number of rotatable bonds is 6. The molecule has 30 heavy (non-hydrogen) atoms. The lowest BCUT2D eigenvalue weighted by molar-refractivity contribution is -0.857. The van der Waals surface area contributed by atoms with Gasteiger partial charge in [-0.15, -0.1) is 0 Å². The van der Waals surface area contributed by atoms with E-state index in [-0.39, 0.29) is 33.6 Å². The van der Waals surface area contributed by atoms with Crippen LogP contribution in [0.25, 0.3) is 11.0 Å². The van der Waals surface area contributed by atoms with E-state index in [1.54, 1.807) is 4.90 Å². The molecule has 1 N–H and O–H groups in total. The molecule has 1 aliphatic rings. The quantitative estimate of drug-likeness (QED) is 0.674. The van der Waals surface area contributed by atoms with Crippen molar-refractivity contribution in [2.75, 3.05) is 33.8 Å². The Morgan fingerprint density at radius 1 is 1.17 bits per heavy atom. The van der Waals surface area contributed by atoms with E-state index in [0.29, 0.717) is 25.4 Å². The average molecular weight is 411 g/mol. The van der Waals surface area contributed by atoms with Crippen LogP contribution < -0.4 is 15.1 Å². The van der Waals surface area contributed by atoms with Gasteiger partial charge in [-0.2, -0.15) is 0 Å². The minimum atomic E-state index is -0.615. The maximum Gasteiger partial charge on any atom is 0.291 e. The summed E-state index contributed by atoms with van der Waals surface area (Å²) in [5.41, 5.74) is 0.825. The first kappa shape index (κ1) is 20.1. The zero-order valence-electron chi connectivity index (χ0n) is 17.2. The molecule has 1 amide bonds. The van der Waals surface area contributed by atoms with Crippen molar-refractivity contribution < 1.29 is 23.2 Å². The normalized spacial score (nSPS) is 15.8. The molecule has 0 unspecified atom stereocenters. The third-order valence-electron chi connectivity index (χ3n) is 5.27. The molecule has 1 aromatic heterocycles. The number of benzene rings is 2. The van der Waals surface area contributed by atoms with Crippen molar-refractivity contribution in [1.29, 1.82) is 0 Å². The van der Waals surface area contributed by atoms with Crippen LogP contribution in [0.3, 0.4) is 0 Å². The smallest absolute Gasteiger partial charge is 0.291 e. The van der Waals surface area contributed by atoms with Crippen LogP contribution in [0.2, 0.25) is 0 Å². The number of hydrogen-bond acceptors (Lipinski definition) is 4. The summed E-state index contributed by atoms with van der Waals surface area (Å²) in [5.74, 6) is -0.173. The van der Waals surface area contributed by atoms with Crippen LogP contribution in [0.1, 0.15) is 34.6 Å². The zero-order chi connectivity index (χ0) is 21.4. The Morgan fingerprint density at radius 3 is 2.70 bits per heavy atom. The van der Waals surface area contributed by atoms with Crippen molar-refractivity contribution in [2.45, 2.75) is 13.0 Å². The summed E-state index contributed by atoms with van der Waals surface area (Å²) < 4.78 is 25.2. The average Bonchev–Trinajstić information content (AvgIpc) is 3.00. The number of ether oxygens (including phenoxy) is 1. The molecule has 1 aliphatic heterocycles. The second kappa shape index (κ2) is 7.91. The largest absolute Gasteiger partial charge is 0.494 e. The van der Waals surface area contributed by atoms with Crippen molar-refractivity contribution in [3.05, 3.63) is 75.4 Å². The summed E-state index contributed by atoms with van der Waals surface area (Å²) in [4.78, 5) is 29.4. The van der Waals surface area contributed by atoms with Gasteiger partial charge in [0.05, 0.1) is 50.8 Å². The number of halogens is 1. The van der Waals surface area contributed by atoms with Gasteiger partial charge in [-0.3, -0.25) is 9.59 Å². The van der Waals surface area contributed by atoms with E-state index < -0.39 is 11.9 Å². The van der Waals surface area contributed by atoms with E-state index in [9.17, 15) is 14.0 Å². The number of carbonyl (C=O) groups is 1. The Morgan fingerprint density at radius 2 is 1.97 bits per heavy atom. The molecule has 156 valence electrons. The second-order valence-corrected chi connectivity index (χ2v) is 7.68. The van der Waals surface area contributed by atoms with Gasteiger partial charge in [0, 0.05) is 0 Å². The number of nitrogens with zero attached hydrogens (tertiary/aromatic N) is 1. The molecule has 2 aromatic carbocycles. The van der Waals surface area contributed by atoms with Crippen molar-refractivity contribution in [2.24, 2.45) is 0 Å². The van der Waals surface area contributed by atoms with Crippen molar-refractivity contribution in [3.63, 3.8) is 0 Å². The fourth-order valence-electron chi connectivity index (χ4n) is 3.85. The third kappa shape index (κ3) is 3.45. The highest BCUT2D eigenvalue weighted by Gasteiger charge is 2.43. The molecule has 0 radical (unpaired) electrons. The molecular weight excluding hydrogens is 387 g/mol. The van der Waals surface area contributed by atoms with Crippen LogP contribution in [0.15, 0.2) is 51.7 Å². The molecule has 4 rings (SSSR count). The molecule has 0 saturated carbocycles. The Kier molecular flexibility index (Phi) is 5.30. The van der Waals surface area contributed by atoms with Gasteiger partial charge >= 0.3 is 0 Å². The SMILES string of the molecule is CCOc1cccc([C@@H]2c3c(oc4ccc(F)cc4c3=O)C(=O)N2CC[NH+](C)C)c1. The summed E-state index contributed by atoms with van der Waals surface area (Å²) in [6.07, 6.45) is 0. The molecule has 7 heteroatoms. The molecule has 0 bridgehead atoms. The van der Waals surface area contributed by atoms with Gasteiger partial charge in [0.2, 0.25) is 5.76 Å². The highest BCUT2D eigenvalue weighted by atomic mass is 19.1. The number of fused-ring (bicyclic) bond motifs is 2. The highest BCUT2D eigenvalue weighted by molar-refractivity contribution is 5.99. The first-order chi connectivity index (χ1) is 14.4. The van der Waals surface area contributed by atoms with Crippen molar-refractivity contribution in [3.8, 4) is 5.75 Å². The number of nitrogens with one attached hydrogen (secondary N) is 1. The standard InChI is InChI=1S/C23H23FN2O4/c1-4-29-16-7-5-6-14(12-16)20-19-21(27)17-13-15(24)8-9-18(17)30-22(19)23(28)26(20)11-10-25(2)3/h5-9,12-13,20H,4,10-11H2,1-3H3/p+1/t20-/m1/s1. The minimum absolute atomic E-state index is 0.0275. The van der Waals surface area contributed by atoms with Gasteiger partial charge in [-0.05, 0) is 42.8 Å². The molecule has 3 aromatic rings. The van der Waals surface area contributed by atoms with Crippen molar-refractivity contribution >= 4 is 16.9 Å². The molecular formula is C23H24FN2O4+. The van der Waals surface area contributed by atoms with Crippen LogP contribution in [0, 0.1) is 5.82 Å². The molecule has 0 saturated heterocycles. The van der Waals surface area contributed by atoms with E-state index in [1.807, 2.05) is 45.3 Å². The predicted molar refractivity (Wildman–Crippen MR) is 111 cm³/mol. The molecule has 6 nitrogen and oxygen atoms in total. The van der Waals surface area contributed by atoms with E-state index in [4.69, 9.17) is 9.15 Å². The lowest BCUT2D eigenvalue weighted by Crippen LogP contribution is -3.06. The first-order valence-corrected chi connectivity index (χ1v) is 9.99. The zero-order valence-corrected chi connectivity index (χ0v) is 17.2.